The fourth-order valence-electron chi connectivity index (χ4n) is 16.0. The fourth-order valence-corrected chi connectivity index (χ4v) is 16.0. The zero-order valence-corrected chi connectivity index (χ0v) is 55.7. The maximum Gasteiger partial charge on any atom is 0.294 e. The van der Waals surface area contributed by atoms with Gasteiger partial charge in [-0.15, -0.1) is 0 Å². The van der Waals surface area contributed by atoms with Crippen LogP contribution in [0.4, 0.5) is 22.7 Å². The van der Waals surface area contributed by atoms with E-state index < -0.39 is 0 Å². The van der Waals surface area contributed by atoms with E-state index in [0.717, 1.165) is 127 Å². The van der Waals surface area contributed by atoms with E-state index in [2.05, 4.69) is 87.5 Å². The Labute approximate surface area is 542 Å². The highest BCUT2D eigenvalue weighted by Crippen LogP contribution is 2.47. The highest BCUT2D eigenvalue weighted by atomic mass is 16.6. The Morgan fingerprint density at radius 2 is 0.826 bits per heavy atom. The molecule has 482 valence electrons. The maximum absolute atomic E-state index is 15.4. The molecular weight excluding hydrogens is 1140 g/mol. The molecule has 4 aromatic heterocycles. The minimum atomic E-state index is -0.337. The second-order valence-corrected chi connectivity index (χ2v) is 27.5. The van der Waals surface area contributed by atoms with E-state index in [1.54, 1.807) is 20.9 Å². The highest BCUT2D eigenvalue weighted by molar-refractivity contribution is 6.40. The molecule has 0 atom stereocenters. The molecule has 12 rings (SSSR count). The number of hydrogen-bond acceptors (Lipinski definition) is 8. The summed E-state index contributed by atoms with van der Waals surface area (Å²) in [6, 6.07) is 35.1. The second kappa shape index (κ2) is 29.5. The quantitative estimate of drug-likeness (QED) is 0.00767. The van der Waals surface area contributed by atoms with Crippen LogP contribution < -0.4 is 26.2 Å². The van der Waals surface area contributed by atoms with Gasteiger partial charge >= 0.3 is 0 Å². The minimum Gasteiger partial charge on any atom is -0.394 e. The van der Waals surface area contributed by atoms with Gasteiger partial charge in [0.15, 0.2) is 5.69 Å². The molecule has 2 N–H and O–H groups in total. The zero-order valence-electron chi connectivity index (χ0n) is 55.7. The fraction of sp³-hybridized carbons (Fsp3) is 0.475. The van der Waals surface area contributed by atoms with Crippen LogP contribution in [0.25, 0.3) is 98.0 Å². The third-order valence-electron chi connectivity index (χ3n) is 21.0. The lowest BCUT2D eigenvalue weighted by atomic mass is 9.86. The van der Waals surface area contributed by atoms with Crippen molar-refractivity contribution in [2.75, 3.05) is 37.3 Å². The number of rotatable bonds is 38. The van der Waals surface area contributed by atoms with Crippen molar-refractivity contribution in [2.45, 2.75) is 220 Å². The molecule has 0 aliphatic carbocycles. The first-order valence-electron chi connectivity index (χ1n) is 36.0. The van der Waals surface area contributed by atoms with Crippen molar-refractivity contribution in [3.8, 4) is 0 Å². The summed E-state index contributed by atoms with van der Waals surface area (Å²) in [7, 11) is 1.92. The number of aromatic nitrogens is 4. The van der Waals surface area contributed by atoms with E-state index in [1.165, 1.54) is 166 Å². The molecule has 92 heavy (non-hydrogen) atoms. The first-order chi connectivity index (χ1) is 45.1. The smallest absolute Gasteiger partial charge is 0.294 e. The van der Waals surface area contributed by atoms with E-state index in [1.807, 2.05) is 36.2 Å². The van der Waals surface area contributed by atoms with Crippen LogP contribution in [0.5, 0.6) is 0 Å². The number of anilines is 2. The van der Waals surface area contributed by atoms with Crippen LogP contribution in [-0.2, 0) is 6.54 Å². The number of pyridine rings is 2. The first-order valence-corrected chi connectivity index (χ1v) is 36.0. The van der Waals surface area contributed by atoms with Gasteiger partial charge in [0.25, 0.3) is 16.8 Å². The summed E-state index contributed by atoms with van der Waals surface area (Å²) < 4.78 is 4.13. The molecule has 4 heterocycles. The van der Waals surface area contributed by atoms with Crippen LogP contribution >= 0.6 is 0 Å². The molecule has 0 saturated carbocycles. The predicted octanol–water partition coefficient (Wildman–Crippen LogP) is 21.4. The van der Waals surface area contributed by atoms with Gasteiger partial charge in [0, 0.05) is 63.6 Å². The maximum atomic E-state index is 15.4. The summed E-state index contributed by atoms with van der Waals surface area (Å²) in [6.45, 7) is 10.3. The number of nitrogens with two attached hydrogens (primary N) is 1. The zero-order chi connectivity index (χ0) is 63.7. The van der Waals surface area contributed by atoms with E-state index in [0.29, 0.717) is 51.0 Å². The van der Waals surface area contributed by atoms with Gasteiger partial charge in [-0.2, -0.15) is 0 Å². The average Bonchev–Trinajstić information content (AvgIpc) is 1.13. The summed E-state index contributed by atoms with van der Waals surface area (Å²) in [5.41, 5.74) is 14.2. The van der Waals surface area contributed by atoms with Gasteiger partial charge in [0.2, 0.25) is 0 Å². The van der Waals surface area contributed by atoms with Gasteiger partial charge in [-0.3, -0.25) is 33.0 Å². The third-order valence-corrected chi connectivity index (χ3v) is 21.0. The van der Waals surface area contributed by atoms with Crippen LogP contribution in [0.2, 0.25) is 0 Å². The molecule has 8 aromatic carbocycles. The Bertz CT molecular complexity index is 4570. The molecule has 0 unspecified atom stereocenters. The third kappa shape index (κ3) is 12.9. The molecule has 12 heteroatoms. The van der Waals surface area contributed by atoms with Crippen molar-refractivity contribution < 1.29 is 4.92 Å². The number of unbranched alkanes of at least 4 members (excludes halogenated alkanes) is 27. The monoisotopic (exact) mass is 1240 g/mol. The van der Waals surface area contributed by atoms with Gasteiger partial charge in [-0.1, -0.05) is 236 Å². The van der Waals surface area contributed by atoms with Gasteiger partial charge in [-0.05, 0) is 101 Å². The second-order valence-electron chi connectivity index (χ2n) is 27.5. The van der Waals surface area contributed by atoms with Crippen molar-refractivity contribution in [3.63, 3.8) is 0 Å². The number of nitrogens with zero attached hydrogens (tertiary/aromatic N) is 7. The first kappa shape index (κ1) is 64.4. The van der Waals surface area contributed by atoms with E-state index in [4.69, 9.17) is 15.7 Å². The normalized spacial score (nSPS) is 12.5. The van der Waals surface area contributed by atoms with E-state index >= 15 is 9.59 Å². The molecule has 0 amide bonds. The van der Waals surface area contributed by atoms with Crippen molar-refractivity contribution in [1.82, 2.24) is 23.3 Å². The van der Waals surface area contributed by atoms with Gasteiger partial charge in [0.05, 0.1) is 45.8 Å². The van der Waals surface area contributed by atoms with Crippen LogP contribution in [-0.4, -0.2) is 50.4 Å². The summed E-state index contributed by atoms with van der Waals surface area (Å²) in [5, 5.41) is 23.2. The molecule has 12 aromatic rings. The van der Waals surface area contributed by atoms with Crippen molar-refractivity contribution in [1.29, 1.82) is 0 Å². The summed E-state index contributed by atoms with van der Waals surface area (Å²) in [4.78, 5) is 55.5. The largest absolute Gasteiger partial charge is 0.394 e. The van der Waals surface area contributed by atoms with Crippen LogP contribution in [0.15, 0.2) is 113 Å². The van der Waals surface area contributed by atoms with Crippen LogP contribution in [0, 0.1) is 10.1 Å². The molecule has 12 nitrogen and oxygen atoms in total. The molecule has 0 radical (unpaired) electrons. The van der Waals surface area contributed by atoms with Gasteiger partial charge < -0.3 is 10.6 Å². The lowest BCUT2D eigenvalue weighted by Crippen LogP contribution is -2.50. The number of hydrogen-bond donors (Lipinski definition) is 1. The summed E-state index contributed by atoms with van der Waals surface area (Å²) in [6.07, 6.45) is 37.8. The lowest BCUT2D eigenvalue weighted by molar-refractivity contribution is -0.384. The Balaban J connectivity index is 0.901. The molecule has 0 spiro atoms. The molecule has 0 bridgehead atoms. The number of nitro benzene ring substituents is 1. The molecular formula is C80H99N8O4+. The number of nitrogen functional groups attached to an aromatic ring is 1. The number of quaternary nitrogens is 1. The average molecular weight is 1240 g/mol. The molecule has 0 fully saturated rings. The van der Waals surface area contributed by atoms with Crippen LogP contribution in [0.3, 0.4) is 0 Å². The van der Waals surface area contributed by atoms with Gasteiger partial charge in [-0.25, -0.2) is 9.97 Å². The number of imidazole rings is 2. The van der Waals surface area contributed by atoms with E-state index in [9.17, 15) is 10.1 Å². The molecule has 0 aliphatic rings. The van der Waals surface area contributed by atoms with Crippen LogP contribution in [0.1, 0.15) is 219 Å². The Hall–Kier alpha value is -7.70. The standard InChI is InChI=1S/C80H98N8O4/c1-5-8-11-14-17-20-23-26-29-35-48-84(4)70-52-66-69(54-71(70)87(91)92)86-77(82-66)61-44-40-57-59-42-46-63-76-62(45-41-58(74(59)76)60-43-47-64(80(86)90)75(61)73(57)60)78-83-67-53-72(65(81)51-68(67)85(78)79(63)89)88(55-56-38-33-32-34-39-56,49-36-30-27-24-21-18-15-12-9-6-2)50-37-31-28-25-22-19-16-13-10-7-3/h32-34,38-47,51-54H,5-31,35-37,48-50,55H2,1-4H3,(H-,81,82,90)/p+1. The van der Waals surface area contributed by atoms with E-state index in [-0.39, 0.29) is 21.7 Å². The molecule has 0 saturated heterocycles. The van der Waals surface area contributed by atoms with Crippen molar-refractivity contribution in [3.05, 3.63) is 140 Å². The van der Waals surface area contributed by atoms with Gasteiger partial charge in [0.1, 0.15) is 23.5 Å². The Morgan fingerprint density at radius 1 is 0.457 bits per heavy atom. The SMILES string of the molecule is CCCCCCCCCCCCN(C)c1cc2nc3c4ccc5c6ccc7c(=O)n8c9cc(N)c([N+](CCCCCCCCCCCC)(CCCCCCCCCCCC)Cc%10ccccc%10)cc9nc8c8ccc(c9ccc(c(=O)n3c2cc1[N+](=O)[O-])c4c95)c6c78. The van der Waals surface area contributed by atoms with Crippen molar-refractivity contribution in [2.24, 2.45) is 0 Å². The minimum absolute atomic E-state index is 0.0390. The highest BCUT2D eigenvalue weighted by Gasteiger charge is 2.34. The number of fused-ring (bicyclic) bond motifs is 10. The number of benzene rings is 8. The topological polar surface area (TPSA) is 141 Å². The van der Waals surface area contributed by atoms with Crippen molar-refractivity contribution >= 4 is 121 Å². The molecule has 0 aliphatic heterocycles. The summed E-state index contributed by atoms with van der Waals surface area (Å²) in [5.74, 6) is 0. The number of nitro groups is 1. The predicted molar refractivity (Wildman–Crippen MR) is 392 cm³/mol. The Morgan fingerprint density at radius 3 is 1.26 bits per heavy atom. The summed E-state index contributed by atoms with van der Waals surface area (Å²) >= 11 is 0. The lowest BCUT2D eigenvalue weighted by Gasteiger charge is -2.39. The Kier molecular flexibility index (Phi) is 20.7.